The average Bonchev–Trinajstić information content (AvgIpc) is 2.94. The van der Waals surface area contributed by atoms with Crippen molar-refractivity contribution >= 4 is 33.4 Å². The first-order valence-corrected chi connectivity index (χ1v) is 7.40. The monoisotopic (exact) mass is 304 g/mol. The van der Waals surface area contributed by atoms with Crippen LogP contribution in [0.2, 0.25) is 0 Å². The van der Waals surface area contributed by atoms with Gasteiger partial charge in [-0.2, -0.15) is 0 Å². The van der Waals surface area contributed by atoms with Crippen molar-refractivity contribution in [1.82, 2.24) is 25.0 Å². The molecule has 0 saturated carbocycles. The second kappa shape index (κ2) is 5.01. The Morgan fingerprint density at radius 2 is 1.83 bits per heavy atom. The molecule has 0 aliphatic heterocycles. The molecule has 0 amide bonds. The van der Waals surface area contributed by atoms with Crippen LogP contribution in [0.25, 0.3) is 21.9 Å². The minimum atomic E-state index is 0.756. The molecule has 6 heteroatoms. The van der Waals surface area contributed by atoms with E-state index in [1.54, 1.807) is 4.68 Å². The largest absolute Gasteiger partial charge is 0.329 e. The van der Waals surface area contributed by atoms with Crippen molar-refractivity contribution in [3.63, 3.8) is 0 Å². The van der Waals surface area contributed by atoms with Crippen molar-refractivity contribution in [3.05, 3.63) is 48.3 Å². The fraction of sp³-hybridized carbons (Fsp3) is 0.176. The van der Waals surface area contributed by atoms with Crippen molar-refractivity contribution in [1.29, 1.82) is 0 Å². The van der Waals surface area contributed by atoms with Gasteiger partial charge in [-0.3, -0.25) is 0 Å². The predicted octanol–water partition coefficient (Wildman–Crippen LogP) is 2.99. The summed E-state index contributed by atoms with van der Waals surface area (Å²) in [7, 11) is 3.89. The number of aryl methyl sites for hydroxylation is 2. The molecule has 23 heavy (non-hydrogen) atoms. The van der Waals surface area contributed by atoms with Gasteiger partial charge < -0.3 is 4.90 Å². The van der Waals surface area contributed by atoms with E-state index in [0.717, 1.165) is 39.3 Å². The van der Waals surface area contributed by atoms with Gasteiger partial charge in [-0.15, -0.1) is 5.10 Å². The molecule has 0 fully saturated rings. The smallest absolute Gasteiger partial charge is 0.144 e. The highest BCUT2D eigenvalue weighted by Crippen LogP contribution is 2.30. The lowest BCUT2D eigenvalue weighted by molar-refractivity contribution is 0.736. The maximum Gasteiger partial charge on any atom is 0.144 e. The molecule has 0 bridgehead atoms. The molecule has 0 N–H and O–H groups in total. The van der Waals surface area contributed by atoms with Gasteiger partial charge in [0, 0.05) is 25.2 Å². The summed E-state index contributed by atoms with van der Waals surface area (Å²) in [5.41, 5.74) is 3.83. The highest BCUT2D eigenvalue weighted by molar-refractivity contribution is 5.92. The zero-order valence-corrected chi connectivity index (χ0v) is 13.2. The minimum Gasteiger partial charge on any atom is -0.329 e. The van der Waals surface area contributed by atoms with Gasteiger partial charge in [-0.05, 0) is 37.3 Å². The Morgan fingerprint density at radius 1 is 1.00 bits per heavy atom. The fourth-order valence-electron chi connectivity index (χ4n) is 2.79. The molecule has 0 unspecified atom stereocenters. The van der Waals surface area contributed by atoms with E-state index in [-0.39, 0.29) is 0 Å². The van der Waals surface area contributed by atoms with E-state index in [0.29, 0.717) is 0 Å². The van der Waals surface area contributed by atoms with Crippen LogP contribution in [0.1, 0.15) is 5.82 Å². The molecule has 114 valence electrons. The summed E-state index contributed by atoms with van der Waals surface area (Å²) in [5, 5.41) is 9.27. The van der Waals surface area contributed by atoms with Crippen molar-refractivity contribution in [3.8, 4) is 0 Å². The summed E-state index contributed by atoms with van der Waals surface area (Å²) in [6.45, 7) is 1.91. The van der Waals surface area contributed by atoms with E-state index in [1.807, 2.05) is 57.4 Å². The number of benzene rings is 2. The first kappa shape index (κ1) is 13.6. The Hall–Kier alpha value is -3.02. The lowest BCUT2D eigenvalue weighted by atomic mass is 10.2. The van der Waals surface area contributed by atoms with Crippen LogP contribution in [0.3, 0.4) is 0 Å². The Kier molecular flexibility index (Phi) is 2.97. The van der Waals surface area contributed by atoms with Crippen molar-refractivity contribution < 1.29 is 0 Å². The maximum absolute atomic E-state index is 4.64. The molecule has 2 aromatic heterocycles. The van der Waals surface area contributed by atoms with Gasteiger partial charge in [0.2, 0.25) is 0 Å². The summed E-state index contributed by atoms with van der Waals surface area (Å²) in [6, 6.07) is 14.1. The van der Waals surface area contributed by atoms with Crippen LogP contribution >= 0.6 is 0 Å². The van der Waals surface area contributed by atoms with Gasteiger partial charge in [0.1, 0.15) is 17.2 Å². The Morgan fingerprint density at radius 3 is 2.70 bits per heavy atom. The first-order valence-electron chi connectivity index (χ1n) is 7.40. The molecule has 6 nitrogen and oxygen atoms in total. The number of fused-ring (bicyclic) bond motifs is 2. The summed E-state index contributed by atoms with van der Waals surface area (Å²) in [4.78, 5) is 11.2. The van der Waals surface area contributed by atoms with Crippen LogP contribution in [-0.4, -0.2) is 32.0 Å². The third-order valence-corrected chi connectivity index (χ3v) is 3.99. The topological polar surface area (TPSA) is 59.7 Å². The van der Waals surface area contributed by atoms with Gasteiger partial charge >= 0.3 is 0 Å². The third kappa shape index (κ3) is 2.19. The van der Waals surface area contributed by atoms with Gasteiger partial charge in [0.05, 0.1) is 11.0 Å². The molecular formula is C17H16N6. The lowest BCUT2D eigenvalue weighted by Gasteiger charge is -2.20. The second-order valence-electron chi connectivity index (χ2n) is 5.56. The van der Waals surface area contributed by atoms with E-state index in [4.69, 9.17) is 0 Å². The number of nitrogens with zero attached hydrogens (tertiary/aromatic N) is 6. The number of aromatic nitrogens is 5. The predicted molar refractivity (Wildman–Crippen MR) is 90.8 cm³/mol. The Balaban J connectivity index is 1.88. The molecular weight excluding hydrogens is 288 g/mol. The summed E-state index contributed by atoms with van der Waals surface area (Å²) in [5.74, 6) is 1.64. The summed E-state index contributed by atoms with van der Waals surface area (Å²) < 4.78 is 1.77. The van der Waals surface area contributed by atoms with Crippen molar-refractivity contribution in [2.75, 3.05) is 11.9 Å². The molecule has 4 aromatic rings. The Labute approximate surface area is 133 Å². The van der Waals surface area contributed by atoms with E-state index in [2.05, 4.69) is 31.2 Å². The van der Waals surface area contributed by atoms with Gasteiger partial charge in [0.15, 0.2) is 0 Å². The van der Waals surface area contributed by atoms with Gasteiger partial charge in [0.25, 0.3) is 0 Å². The molecule has 0 aliphatic carbocycles. The standard InChI is InChI=1S/C17H16N6/c1-11-18-14-7-5-4-6-13(14)17(19-11)22(2)12-8-9-16-15(10-12)20-21-23(16)3/h4-10H,1-3H3. The number of hydrogen-bond acceptors (Lipinski definition) is 5. The number of rotatable bonds is 2. The zero-order valence-electron chi connectivity index (χ0n) is 13.2. The number of hydrogen-bond donors (Lipinski definition) is 0. The molecule has 4 rings (SSSR count). The number of para-hydroxylation sites is 1. The zero-order chi connectivity index (χ0) is 16.0. The van der Waals surface area contributed by atoms with Gasteiger partial charge in [-0.1, -0.05) is 17.3 Å². The lowest BCUT2D eigenvalue weighted by Crippen LogP contribution is -2.13. The van der Waals surface area contributed by atoms with Crippen molar-refractivity contribution in [2.45, 2.75) is 6.92 Å². The molecule has 0 spiro atoms. The molecule has 0 aliphatic rings. The third-order valence-electron chi connectivity index (χ3n) is 3.99. The van der Waals surface area contributed by atoms with Crippen LogP contribution in [-0.2, 0) is 7.05 Å². The highest BCUT2D eigenvalue weighted by Gasteiger charge is 2.13. The van der Waals surface area contributed by atoms with E-state index in [1.165, 1.54) is 0 Å². The van der Waals surface area contributed by atoms with E-state index < -0.39 is 0 Å². The minimum absolute atomic E-state index is 0.756. The normalized spacial score (nSPS) is 11.3. The molecule has 2 heterocycles. The SMILES string of the molecule is Cc1nc(N(C)c2ccc3c(c2)nnn3C)c2ccccc2n1. The van der Waals surface area contributed by atoms with Crippen LogP contribution in [0, 0.1) is 6.92 Å². The molecule has 0 radical (unpaired) electrons. The molecule has 0 saturated heterocycles. The molecule has 2 aromatic carbocycles. The highest BCUT2D eigenvalue weighted by atomic mass is 15.4. The second-order valence-corrected chi connectivity index (χ2v) is 5.56. The van der Waals surface area contributed by atoms with Crippen molar-refractivity contribution in [2.24, 2.45) is 7.05 Å². The quantitative estimate of drug-likeness (QED) is 0.570. The number of anilines is 2. The van der Waals surface area contributed by atoms with E-state index in [9.17, 15) is 0 Å². The summed E-state index contributed by atoms with van der Waals surface area (Å²) >= 11 is 0. The van der Waals surface area contributed by atoms with Crippen LogP contribution in [0.5, 0.6) is 0 Å². The summed E-state index contributed by atoms with van der Waals surface area (Å²) in [6.07, 6.45) is 0. The van der Waals surface area contributed by atoms with Gasteiger partial charge in [-0.25, -0.2) is 14.6 Å². The van der Waals surface area contributed by atoms with Crippen LogP contribution < -0.4 is 4.90 Å². The maximum atomic E-state index is 4.64. The first-order chi connectivity index (χ1) is 11.1. The average molecular weight is 304 g/mol. The van der Waals surface area contributed by atoms with Crippen LogP contribution in [0.15, 0.2) is 42.5 Å². The fourth-order valence-corrected chi connectivity index (χ4v) is 2.79. The Bertz CT molecular complexity index is 1020. The van der Waals surface area contributed by atoms with Crippen LogP contribution in [0.4, 0.5) is 11.5 Å². The molecule has 0 atom stereocenters. The van der Waals surface area contributed by atoms with E-state index >= 15 is 0 Å².